The molecule has 0 saturated heterocycles. The Kier molecular flexibility index (Phi) is 3.84. The lowest BCUT2D eigenvalue weighted by molar-refractivity contribution is -0.138. The average molecular weight is 267 g/mol. The van der Waals surface area contributed by atoms with Crippen LogP contribution in [0.1, 0.15) is 43.2 Å². The predicted octanol–water partition coefficient (Wildman–Crippen LogP) is 4.83. The summed E-state index contributed by atoms with van der Waals surface area (Å²) >= 11 is 0. The minimum absolute atomic E-state index is 0.153. The molecule has 1 aromatic carbocycles. The summed E-state index contributed by atoms with van der Waals surface area (Å²) in [5.74, 6) is 0. The zero-order valence-electron chi connectivity index (χ0n) is 10.6. The fourth-order valence-corrected chi connectivity index (χ4v) is 3.09. The van der Waals surface area contributed by atoms with Gasteiger partial charge in [-0.15, -0.1) is 0 Å². The van der Waals surface area contributed by atoms with Crippen molar-refractivity contribution in [2.24, 2.45) is 0 Å². The first kappa shape index (κ1) is 13.9. The molecular formula is C15H16F3N. The summed E-state index contributed by atoms with van der Waals surface area (Å²) < 4.78 is 39.4. The van der Waals surface area contributed by atoms with E-state index in [-0.39, 0.29) is 6.54 Å². The highest BCUT2D eigenvalue weighted by atomic mass is 19.4. The van der Waals surface area contributed by atoms with Crippen molar-refractivity contribution in [1.29, 1.82) is 0 Å². The Balaban J connectivity index is 2.51. The molecule has 0 amide bonds. The Hall–Kier alpha value is -1.50. The van der Waals surface area contributed by atoms with Crippen LogP contribution in [-0.4, -0.2) is 6.54 Å². The molecule has 0 spiro atoms. The number of hydrogen-bond acceptors (Lipinski definition) is 0. The Bertz CT molecular complexity index is 479. The van der Waals surface area contributed by atoms with Gasteiger partial charge in [0.15, 0.2) is 0 Å². The largest absolute Gasteiger partial charge is 0.416 e. The van der Waals surface area contributed by atoms with E-state index in [1.54, 1.807) is 12.1 Å². The van der Waals surface area contributed by atoms with Crippen LogP contribution in [0.5, 0.6) is 0 Å². The molecule has 1 saturated carbocycles. The lowest BCUT2D eigenvalue weighted by Gasteiger charge is -2.35. The first-order valence-corrected chi connectivity index (χ1v) is 6.49. The summed E-state index contributed by atoms with van der Waals surface area (Å²) in [6.07, 6.45) is -0.120. The smallest absolute Gasteiger partial charge is 0.316 e. The highest BCUT2D eigenvalue weighted by molar-refractivity contribution is 5.37. The lowest BCUT2D eigenvalue weighted by atomic mass is 9.68. The molecule has 0 atom stereocenters. The molecular weight excluding hydrogens is 251 g/mol. The maximum absolute atomic E-state index is 13.1. The van der Waals surface area contributed by atoms with Gasteiger partial charge in [-0.05, 0) is 24.5 Å². The van der Waals surface area contributed by atoms with Gasteiger partial charge >= 0.3 is 6.18 Å². The molecule has 19 heavy (non-hydrogen) atoms. The summed E-state index contributed by atoms with van der Waals surface area (Å²) in [4.78, 5) is 3.41. The van der Waals surface area contributed by atoms with E-state index in [9.17, 15) is 13.2 Å². The minimum Gasteiger partial charge on any atom is -0.316 e. The van der Waals surface area contributed by atoms with Gasteiger partial charge in [-0.1, -0.05) is 37.5 Å². The molecule has 1 aliphatic rings. The average Bonchev–Trinajstić information content (AvgIpc) is 2.39. The van der Waals surface area contributed by atoms with Crippen LogP contribution < -0.4 is 0 Å². The summed E-state index contributed by atoms with van der Waals surface area (Å²) in [6, 6.07) is 5.75. The van der Waals surface area contributed by atoms with Gasteiger partial charge in [0, 0.05) is 0 Å². The molecule has 0 N–H and O–H groups in total. The van der Waals surface area contributed by atoms with E-state index in [1.165, 1.54) is 6.07 Å². The van der Waals surface area contributed by atoms with Crippen molar-refractivity contribution >= 4 is 0 Å². The Morgan fingerprint density at radius 2 is 1.74 bits per heavy atom. The van der Waals surface area contributed by atoms with Crippen molar-refractivity contribution in [3.63, 3.8) is 0 Å². The van der Waals surface area contributed by atoms with Crippen LogP contribution in [0, 0.1) is 6.57 Å². The monoisotopic (exact) mass is 267 g/mol. The van der Waals surface area contributed by atoms with Gasteiger partial charge in [0.2, 0.25) is 6.54 Å². The molecule has 1 aromatic rings. The van der Waals surface area contributed by atoms with Crippen molar-refractivity contribution in [3.8, 4) is 0 Å². The SMILES string of the molecule is [C-]#[N+]CC1(c2ccccc2C(F)(F)F)CCCCC1. The number of hydrogen-bond donors (Lipinski definition) is 0. The third kappa shape index (κ3) is 2.75. The van der Waals surface area contributed by atoms with Crippen LogP contribution in [0.3, 0.4) is 0 Å². The van der Waals surface area contributed by atoms with Crippen LogP contribution in [0.4, 0.5) is 13.2 Å². The van der Waals surface area contributed by atoms with Crippen molar-refractivity contribution in [2.75, 3.05) is 6.54 Å². The first-order valence-electron chi connectivity index (χ1n) is 6.49. The second-order valence-electron chi connectivity index (χ2n) is 5.20. The number of halogens is 3. The van der Waals surface area contributed by atoms with Crippen LogP contribution in [-0.2, 0) is 11.6 Å². The summed E-state index contributed by atoms with van der Waals surface area (Å²) in [7, 11) is 0. The fourth-order valence-electron chi connectivity index (χ4n) is 3.09. The van der Waals surface area contributed by atoms with E-state index in [2.05, 4.69) is 4.85 Å². The van der Waals surface area contributed by atoms with E-state index in [4.69, 9.17) is 6.57 Å². The Morgan fingerprint density at radius 1 is 1.11 bits per heavy atom. The topological polar surface area (TPSA) is 4.36 Å². The predicted molar refractivity (Wildman–Crippen MR) is 67.7 cm³/mol. The lowest BCUT2D eigenvalue weighted by Crippen LogP contribution is -2.34. The molecule has 0 aliphatic heterocycles. The summed E-state index contributed by atoms with van der Waals surface area (Å²) in [5, 5.41) is 0. The Labute approximate surface area is 111 Å². The van der Waals surface area contributed by atoms with Gasteiger partial charge in [0.05, 0.1) is 11.0 Å². The number of benzene rings is 1. The van der Waals surface area contributed by atoms with Crippen LogP contribution in [0.2, 0.25) is 0 Å². The zero-order chi connectivity index (χ0) is 13.9. The van der Waals surface area contributed by atoms with Crippen molar-refractivity contribution in [2.45, 2.75) is 43.7 Å². The number of nitrogens with zero attached hydrogens (tertiary/aromatic N) is 1. The van der Waals surface area contributed by atoms with Gasteiger partial charge < -0.3 is 4.85 Å². The van der Waals surface area contributed by atoms with Gasteiger partial charge in [-0.3, -0.25) is 0 Å². The van der Waals surface area contributed by atoms with E-state index in [1.807, 2.05) is 0 Å². The summed E-state index contributed by atoms with van der Waals surface area (Å²) in [5.41, 5.74) is -0.856. The molecule has 2 rings (SSSR count). The molecule has 0 aromatic heterocycles. The second kappa shape index (κ2) is 5.24. The van der Waals surface area contributed by atoms with Crippen LogP contribution in [0.15, 0.2) is 24.3 Å². The van der Waals surface area contributed by atoms with Crippen LogP contribution >= 0.6 is 0 Å². The molecule has 4 heteroatoms. The van der Waals surface area contributed by atoms with E-state index < -0.39 is 17.2 Å². The highest BCUT2D eigenvalue weighted by Gasteiger charge is 2.44. The van der Waals surface area contributed by atoms with Gasteiger partial charge in [0.1, 0.15) is 0 Å². The standard InChI is InChI=1S/C15H16F3N/c1-19-11-14(9-5-2-6-10-14)12-7-3-4-8-13(12)15(16,17)18/h3-4,7-8H,2,5-6,9-11H2. The molecule has 102 valence electrons. The molecule has 0 unspecified atom stereocenters. The number of alkyl halides is 3. The molecule has 0 heterocycles. The maximum atomic E-state index is 13.1. The third-order valence-electron chi connectivity index (χ3n) is 4.00. The fraction of sp³-hybridized carbons (Fsp3) is 0.533. The molecule has 1 aliphatic carbocycles. The second-order valence-corrected chi connectivity index (χ2v) is 5.20. The van der Waals surface area contributed by atoms with Crippen LogP contribution in [0.25, 0.3) is 4.85 Å². The van der Waals surface area contributed by atoms with Crippen molar-refractivity contribution in [1.82, 2.24) is 0 Å². The summed E-state index contributed by atoms with van der Waals surface area (Å²) in [6.45, 7) is 7.24. The van der Waals surface area contributed by atoms with Gasteiger partial charge in [0.25, 0.3) is 0 Å². The first-order chi connectivity index (χ1) is 8.99. The third-order valence-corrected chi connectivity index (χ3v) is 4.00. The molecule has 0 radical (unpaired) electrons. The quantitative estimate of drug-likeness (QED) is 0.676. The minimum atomic E-state index is -4.34. The zero-order valence-corrected chi connectivity index (χ0v) is 10.6. The van der Waals surface area contributed by atoms with Gasteiger partial charge in [-0.25, -0.2) is 6.57 Å². The van der Waals surface area contributed by atoms with E-state index in [0.29, 0.717) is 18.4 Å². The Morgan fingerprint density at radius 3 is 2.32 bits per heavy atom. The van der Waals surface area contributed by atoms with E-state index >= 15 is 0 Å². The highest BCUT2D eigenvalue weighted by Crippen LogP contribution is 2.45. The van der Waals surface area contributed by atoms with Crippen molar-refractivity contribution in [3.05, 3.63) is 46.8 Å². The van der Waals surface area contributed by atoms with Gasteiger partial charge in [-0.2, -0.15) is 13.2 Å². The normalized spacial score (nSPS) is 18.8. The number of rotatable bonds is 2. The molecule has 0 bridgehead atoms. The van der Waals surface area contributed by atoms with Crippen molar-refractivity contribution < 1.29 is 13.2 Å². The maximum Gasteiger partial charge on any atom is 0.416 e. The van der Waals surface area contributed by atoms with E-state index in [0.717, 1.165) is 25.3 Å². The molecule has 1 fully saturated rings. The molecule has 1 nitrogen and oxygen atoms in total.